The molecule has 1 aliphatic rings. The number of hydrogen-bond acceptors (Lipinski definition) is 4. The minimum Gasteiger partial charge on any atom is -0.379 e. The average molecular weight is 352 g/mol. The van der Waals surface area contributed by atoms with Crippen LogP contribution in [0.4, 0.5) is 15.8 Å². The number of rotatable bonds is 5. The Kier molecular flexibility index (Phi) is 5.37. The fourth-order valence-electron chi connectivity index (χ4n) is 3.19. The topological polar surface area (TPSA) is 82.2 Å². The molecule has 134 valence electrons. The summed E-state index contributed by atoms with van der Waals surface area (Å²) in [5, 5.41) is 11.8. The second kappa shape index (κ2) is 7.87. The third kappa shape index (κ3) is 4.12. The molecule has 0 aliphatic carbocycles. The minimum absolute atomic E-state index is 0.0931. The number of nitrogens with zero attached hydrogens (tertiary/aromatic N) is 2. The maximum absolute atomic E-state index is 13.9. The molecule has 1 heterocycles. The molecule has 6 heteroatoms. The first-order valence-corrected chi connectivity index (χ1v) is 8.63. The van der Waals surface area contributed by atoms with Gasteiger partial charge in [-0.2, -0.15) is 5.26 Å². The molecule has 1 aliphatic heterocycles. The quantitative estimate of drug-likeness (QED) is 0.867. The molecule has 5 nitrogen and oxygen atoms in total. The molecule has 0 spiro atoms. The van der Waals surface area contributed by atoms with Crippen LogP contribution in [0.3, 0.4) is 0 Å². The Balaban J connectivity index is 1.61. The Morgan fingerprint density at radius 1 is 1.31 bits per heavy atom. The van der Waals surface area contributed by atoms with E-state index in [1.54, 1.807) is 12.1 Å². The normalized spacial score (nSPS) is 16.8. The third-order valence-corrected chi connectivity index (χ3v) is 4.71. The van der Waals surface area contributed by atoms with Crippen molar-refractivity contribution in [1.29, 1.82) is 5.26 Å². The van der Waals surface area contributed by atoms with Gasteiger partial charge in [-0.15, -0.1) is 0 Å². The van der Waals surface area contributed by atoms with Gasteiger partial charge in [0.1, 0.15) is 5.82 Å². The van der Waals surface area contributed by atoms with Crippen LogP contribution in [0.2, 0.25) is 0 Å². The van der Waals surface area contributed by atoms with Crippen molar-refractivity contribution in [2.45, 2.75) is 19.4 Å². The third-order valence-electron chi connectivity index (χ3n) is 4.71. The van der Waals surface area contributed by atoms with Crippen molar-refractivity contribution in [3.05, 3.63) is 59.4 Å². The summed E-state index contributed by atoms with van der Waals surface area (Å²) in [4.78, 5) is 13.6. The summed E-state index contributed by atoms with van der Waals surface area (Å²) in [6.07, 6.45) is 1.80. The number of primary amides is 1. The first-order valence-electron chi connectivity index (χ1n) is 8.63. The van der Waals surface area contributed by atoms with Gasteiger partial charge in [0.05, 0.1) is 23.2 Å². The van der Waals surface area contributed by atoms with Crippen molar-refractivity contribution in [2.24, 2.45) is 11.7 Å². The second-order valence-electron chi connectivity index (χ2n) is 6.51. The van der Waals surface area contributed by atoms with Crippen LogP contribution in [0.1, 0.15) is 24.0 Å². The first-order chi connectivity index (χ1) is 12.6. The van der Waals surface area contributed by atoms with Crippen molar-refractivity contribution in [1.82, 2.24) is 0 Å². The summed E-state index contributed by atoms with van der Waals surface area (Å²) in [6.45, 7) is 2.05. The summed E-state index contributed by atoms with van der Waals surface area (Å²) in [5.74, 6) is -0.768. The number of piperidine rings is 1. The molecule has 1 atom stereocenters. The van der Waals surface area contributed by atoms with E-state index in [2.05, 4.69) is 10.2 Å². The molecule has 1 amide bonds. The van der Waals surface area contributed by atoms with Crippen molar-refractivity contribution in [3.63, 3.8) is 0 Å². The van der Waals surface area contributed by atoms with Crippen LogP contribution in [0.25, 0.3) is 0 Å². The Morgan fingerprint density at radius 3 is 2.73 bits per heavy atom. The summed E-state index contributed by atoms with van der Waals surface area (Å²) in [5.41, 5.74) is 8.18. The highest BCUT2D eigenvalue weighted by atomic mass is 19.1. The lowest BCUT2D eigenvalue weighted by molar-refractivity contribution is -0.122. The molecule has 2 aromatic carbocycles. The fourth-order valence-corrected chi connectivity index (χ4v) is 3.19. The molecule has 0 aromatic heterocycles. The largest absolute Gasteiger partial charge is 0.379 e. The number of nitrogens with one attached hydrogen (secondary N) is 1. The molecule has 1 fully saturated rings. The number of nitriles is 1. The number of halogens is 1. The second-order valence-corrected chi connectivity index (χ2v) is 6.51. The van der Waals surface area contributed by atoms with Gasteiger partial charge in [-0.25, -0.2) is 4.39 Å². The first kappa shape index (κ1) is 17.7. The maximum Gasteiger partial charge on any atom is 0.222 e. The molecular formula is C20H21FN4O. The van der Waals surface area contributed by atoms with Gasteiger partial charge in [-0.05, 0) is 48.7 Å². The Morgan fingerprint density at radius 2 is 2.08 bits per heavy atom. The van der Waals surface area contributed by atoms with Gasteiger partial charge in [-0.3, -0.25) is 4.79 Å². The Labute approximate surface area is 152 Å². The van der Waals surface area contributed by atoms with E-state index < -0.39 is 5.82 Å². The maximum atomic E-state index is 13.9. The van der Waals surface area contributed by atoms with Gasteiger partial charge >= 0.3 is 0 Å². The van der Waals surface area contributed by atoms with E-state index in [9.17, 15) is 9.18 Å². The number of hydrogen-bond donors (Lipinski definition) is 2. The zero-order chi connectivity index (χ0) is 18.5. The van der Waals surface area contributed by atoms with E-state index in [4.69, 9.17) is 11.0 Å². The molecule has 0 unspecified atom stereocenters. The van der Waals surface area contributed by atoms with Crippen LogP contribution in [-0.2, 0) is 11.3 Å². The highest BCUT2D eigenvalue weighted by Gasteiger charge is 2.23. The summed E-state index contributed by atoms with van der Waals surface area (Å²) < 4.78 is 13.9. The van der Waals surface area contributed by atoms with E-state index in [1.807, 2.05) is 30.3 Å². The lowest BCUT2D eigenvalue weighted by Crippen LogP contribution is -2.41. The van der Waals surface area contributed by atoms with E-state index in [1.165, 1.54) is 6.07 Å². The van der Waals surface area contributed by atoms with Gasteiger partial charge in [0.2, 0.25) is 5.91 Å². The van der Waals surface area contributed by atoms with Crippen molar-refractivity contribution >= 4 is 17.3 Å². The summed E-state index contributed by atoms with van der Waals surface area (Å²) >= 11 is 0. The molecule has 3 rings (SSSR count). The highest BCUT2D eigenvalue weighted by Crippen LogP contribution is 2.24. The van der Waals surface area contributed by atoms with E-state index >= 15 is 0 Å². The SMILES string of the molecule is N#Cc1ccc(NCc2ccc(N3CCC[C@H](C(N)=O)C3)cc2)c(F)c1. The predicted molar refractivity (Wildman–Crippen MR) is 99.0 cm³/mol. The number of amides is 1. The van der Waals surface area contributed by atoms with Gasteiger partial charge < -0.3 is 16.0 Å². The fraction of sp³-hybridized carbons (Fsp3) is 0.300. The number of anilines is 2. The number of carbonyl (C=O) groups excluding carboxylic acids is 1. The van der Waals surface area contributed by atoms with Gasteiger partial charge in [0, 0.05) is 25.3 Å². The lowest BCUT2D eigenvalue weighted by Gasteiger charge is -2.33. The molecular weight excluding hydrogens is 331 g/mol. The molecule has 3 N–H and O–H groups in total. The summed E-state index contributed by atoms with van der Waals surface area (Å²) in [6, 6.07) is 14.3. The van der Waals surface area contributed by atoms with Crippen LogP contribution in [0.5, 0.6) is 0 Å². The smallest absolute Gasteiger partial charge is 0.222 e. The molecule has 0 radical (unpaired) electrons. The minimum atomic E-state index is -0.438. The Hall–Kier alpha value is -3.07. The van der Waals surface area contributed by atoms with Crippen molar-refractivity contribution < 1.29 is 9.18 Å². The van der Waals surface area contributed by atoms with Crippen LogP contribution in [-0.4, -0.2) is 19.0 Å². The molecule has 0 saturated carbocycles. The molecule has 26 heavy (non-hydrogen) atoms. The number of carbonyl (C=O) groups is 1. The van der Waals surface area contributed by atoms with Crippen LogP contribution in [0, 0.1) is 23.1 Å². The van der Waals surface area contributed by atoms with Crippen molar-refractivity contribution in [3.8, 4) is 6.07 Å². The molecule has 2 aromatic rings. The zero-order valence-electron chi connectivity index (χ0n) is 14.4. The van der Waals surface area contributed by atoms with Gasteiger partial charge in [0.25, 0.3) is 0 Å². The van der Waals surface area contributed by atoms with E-state index in [0.29, 0.717) is 24.3 Å². The van der Waals surface area contributed by atoms with Crippen LogP contribution >= 0.6 is 0 Å². The standard InChI is InChI=1S/C20H21FN4O/c21-18-10-15(11-22)5-8-19(18)24-12-14-3-6-17(7-4-14)25-9-1-2-16(13-25)20(23)26/h3-8,10,16,24H,1-2,9,12-13H2,(H2,23,26)/t16-/m0/s1. The summed E-state index contributed by atoms with van der Waals surface area (Å²) in [7, 11) is 0. The highest BCUT2D eigenvalue weighted by molar-refractivity contribution is 5.77. The van der Waals surface area contributed by atoms with Gasteiger partial charge in [-0.1, -0.05) is 12.1 Å². The van der Waals surface area contributed by atoms with Gasteiger partial charge in [0.15, 0.2) is 0 Å². The lowest BCUT2D eigenvalue weighted by atomic mass is 9.97. The number of benzene rings is 2. The average Bonchev–Trinajstić information content (AvgIpc) is 2.67. The number of nitrogens with two attached hydrogens (primary N) is 1. The van der Waals surface area contributed by atoms with Crippen molar-refractivity contribution in [2.75, 3.05) is 23.3 Å². The van der Waals surface area contributed by atoms with E-state index in [-0.39, 0.29) is 11.8 Å². The predicted octanol–water partition coefficient (Wildman–Crippen LogP) is 3.01. The molecule has 1 saturated heterocycles. The van der Waals surface area contributed by atoms with E-state index in [0.717, 1.165) is 30.6 Å². The van der Waals surface area contributed by atoms with Crippen LogP contribution in [0.15, 0.2) is 42.5 Å². The molecule has 0 bridgehead atoms. The Bertz CT molecular complexity index is 829. The van der Waals surface area contributed by atoms with Crippen LogP contribution < -0.4 is 16.0 Å². The monoisotopic (exact) mass is 352 g/mol. The zero-order valence-corrected chi connectivity index (χ0v) is 14.4.